The second-order valence-electron chi connectivity index (χ2n) is 15.4. The van der Waals surface area contributed by atoms with Crippen LogP contribution in [-0.2, 0) is 33.2 Å². The third-order valence-corrected chi connectivity index (χ3v) is 9.75. The summed E-state index contributed by atoms with van der Waals surface area (Å²) in [7, 11) is 0. The zero-order valence-electron chi connectivity index (χ0n) is 38.1. The first-order chi connectivity index (χ1) is 27.1. The predicted octanol–water partition coefficient (Wildman–Crippen LogP) is 15.3. The largest absolute Gasteiger partial charge is 0.494 e. The van der Waals surface area contributed by atoms with Gasteiger partial charge in [0.15, 0.2) is 11.5 Å². The zero-order chi connectivity index (χ0) is 40.5. The standard InChI is InChI=1S/C48H94O7/c1-9-17-23-25-27-29-31-33-35-43(49-39-19-11-3)45(51-41-21-13-5)47(53-37-15-7)55-48(54-38-16-8)46(52-42-22-14-6)44(50-40-20-12-4)36-34-32-30-28-26-24-18-10-2/h47-48H,9-42H2,1-8H3. The minimum atomic E-state index is -0.797. The molecule has 0 aliphatic carbocycles. The van der Waals surface area contributed by atoms with Crippen molar-refractivity contribution in [1.82, 2.24) is 0 Å². The van der Waals surface area contributed by atoms with Crippen molar-refractivity contribution in [2.45, 2.75) is 248 Å². The van der Waals surface area contributed by atoms with Gasteiger partial charge in [0.05, 0.1) is 26.4 Å². The molecule has 0 aliphatic rings. The van der Waals surface area contributed by atoms with Gasteiger partial charge < -0.3 is 33.2 Å². The van der Waals surface area contributed by atoms with Crippen molar-refractivity contribution < 1.29 is 33.2 Å². The van der Waals surface area contributed by atoms with Crippen molar-refractivity contribution in [3.63, 3.8) is 0 Å². The van der Waals surface area contributed by atoms with Gasteiger partial charge in [0.1, 0.15) is 11.5 Å². The van der Waals surface area contributed by atoms with Crippen LogP contribution in [0, 0.1) is 0 Å². The smallest absolute Gasteiger partial charge is 0.223 e. The fraction of sp³-hybridized carbons (Fsp3) is 0.917. The highest BCUT2D eigenvalue weighted by atomic mass is 16.8. The first kappa shape index (κ1) is 53.6. The molecule has 0 bridgehead atoms. The van der Waals surface area contributed by atoms with Crippen LogP contribution in [0.1, 0.15) is 235 Å². The molecule has 0 spiro atoms. The Morgan fingerprint density at radius 1 is 0.291 bits per heavy atom. The van der Waals surface area contributed by atoms with Crippen molar-refractivity contribution in [3.8, 4) is 0 Å². The van der Waals surface area contributed by atoms with Gasteiger partial charge in [-0.3, -0.25) is 0 Å². The van der Waals surface area contributed by atoms with Crippen molar-refractivity contribution in [1.29, 1.82) is 0 Å². The number of allylic oxidation sites excluding steroid dienone is 2. The first-order valence-electron chi connectivity index (χ1n) is 23.9. The molecule has 0 heterocycles. The third-order valence-electron chi connectivity index (χ3n) is 9.75. The summed E-state index contributed by atoms with van der Waals surface area (Å²) in [5.74, 6) is 3.05. The van der Waals surface area contributed by atoms with Gasteiger partial charge in [0, 0.05) is 26.1 Å². The van der Waals surface area contributed by atoms with E-state index in [9.17, 15) is 0 Å². The predicted molar refractivity (Wildman–Crippen MR) is 233 cm³/mol. The number of hydrogen-bond acceptors (Lipinski definition) is 7. The monoisotopic (exact) mass is 783 g/mol. The Bertz CT molecular complexity index is 789. The first-order valence-corrected chi connectivity index (χ1v) is 23.9. The molecule has 0 fully saturated rings. The lowest BCUT2D eigenvalue weighted by Gasteiger charge is -2.30. The van der Waals surface area contributed by atoms with E-state index in [2.05, 4.69) is 55.4 Å². The summed E-state index contributed by atoms with van der Waals surface area (Å²) in [6, 6.07) is 0. The Balaban J connectivity index is 6.82. The second-order valence-corrected chi connectivity index (χ2v) is 15.4. The Morgan fingerprint density at radius 2 is 0.582 bits per heavy atom. The molecule has 2 atom stereocenters. The lowest BCUT2D eigenvalue weighted by Crippen LogP contribution is -2.34. The lowest BCUT2D eigenvalue weighted by atomic mass is 10.1. The van der Waals surface area contributed by atoms with Crippen molar-refractivity contribution >= 4 is 0 Å². The average molecular weight is 783 g/mol. The van der Waals surface area contributed by atoms with Crippen LogP contribution in [0.25, 0.3) is 0 Å². The van der Waals surface area contributed by atoms with Gasteiger partial charge in [-0.1, -0.05) is 171 Å². The molecule has 0 N–H and O–H groups in total. The molecule has 0 aromatic heterocycles. The van der Waals surface area contributed by atoms with Crippen LogP contribution in [0.15, 0.2) is 23.0 Å². The number of unbranched alkanes of at least 4 members (excludes halogenated alkanes) is 18. The highest BCUT2D eigenvalue weighted by molar-refractivity contribution is 5.09. The SMILES string of the molecule is CCCCCCCCCCC(OCCCC)=C(OCCCC)C(OCCC)OC(OCCC)C(OCCCC)=C(CCCCCCCCCC)OCCCC. The van der Waals surface area contributed by atoms with Gasteiger partial charge in [-0.25, -0.2) is 0 Å². The molecule has 0 amide bonds. The molecule has 0 aliphatic heterocycles. The third kappa shape index (κ3) is 30.3. The molecule has 0 rings (SSSR count). The molecule has 0 aromatic rings. The van der Waals surface area contributed by atoms with E-state index in [1.54, 1.807) is 0 Å². The van der Waals surface area contributed by atoms with Crippen LogP contribution in [0.4, 0.5) is 0 Å². The van der Waals surface area contributed by atoms with Crippen molar-refractivity contribution in [2.24, 2.45) is 0 Å². The van der Waals surface area contributed by atoms with Crippen LogP contribution >= 0.6 is 0 Å². The normalized spacial score (nSPS) is 13.7. The summed E-state index contributed by atoms with van der Waals surface area (Å²) in [5.41, 5.74) is 0. The minimum Gasteiger partial charge on any atom is -0.494 e. The summed E-state index contributed by atoms with van der Waals surface area (Å²) >= 11 is 0. The summed E-state index contributed by atoms with van der Waals surface area (Å²) in [6.07, 6.45) is 29.9. The van der Waals surface area contributed by atoms with E-state index in [0.29, 0.717) is 51.2 Å². The molecule has 7 heteroatoms. The molecule has 0 saturated heterocycles. The molecular weight excluding hydrogens is 689 g/mol. The van der Waals surface area contributed by atoms with Crippen molar-refractivity contribution in [2.75, 3.05) is 39.6 Å². The highest BCUT2D eigenvalue weighted by Crippen LogP contribution is 2.29. The van der Waals surface area contributed by atoms with Gasteiger partial charge in [-0.2, -0.15) is 0 Å². The van der Waals surface area contributed by atoms with E-state index < -0.39 is 12.6 Å². The average Bonchev–Trinajstić information content (AvgIpc) is 3.19. The molecule has 55 heavy (non-hydrogen) atoms. The van der Waals surface area contributed by atoms with Gasteiger partial charge in [0.25, 0.3) is 0 Å². The Labute approximate surface area is 342 Å². The maximum Gasteiger partial charge on any atom is 0.223 e. The summed E-state index contributed by atoms with van der Waals surface area (Å²) < 4.78 is 46.7. The molecule has 0 saturated carbocycles. The van der Waals surface area contributed by atoms with Crippen molar-refractivity contribution in [3.05, 3.63) is 23.0 Å². The van der Waals surface area contributed by atoms with Gasteiger partial charge in [-0.05, 0) is 51.4 Å². The Kier molecular flexibility index (Phi) is 41.1. The molecule has 2 unspecified atom stereocenters. The van der Waals surface area contributed by atoms with Crippen LogP contribution in [0.5, 0.6) is 0 Å². The fourth-order valence-electron chi connectivity index (χ4n) is 6.18. The molecule has 7 nitrogen and oxygen atoms in total. The Hall–Kier alpha value is -1.44. The van der Waals surface area contributed by atoms with E-state index in [-0.39, 0.29) is 0 Å². The fourth-order valence-corrected chi connectivity index (χ4v) is 6.18. The molecule has 0 aromatic carbocycles. The molecule has 328 valence electrons. The van der Waals surface area contributed by atoms with Crippen LogP contribution in [0.2, 0.25) is 0 Å². The maximum absolute atomic E-state index is 7.01. The molecular formula is C48H94O7. The quantitative estimate of drug-likeness (QED) is 0.0346. The van der Waals surface area contributed by atoms with E-state index in [1.165, 1.54) is 89.9 Å². The zero-order valence-corrected chi connectivity index (χ0v) is 38.1. The van der Waals surface area contributed by atoms with E-state index in [0.717, 1.165) is 101 Å². The van der Waals surface area contributed by atoms with Crippen LogP contribution in [-0.4, -0.2) is 52.2 Å². The second kappa shape index (κ2) is 42.2. The minimum absolute atomic E-state index is 0.527. The van der Waals surface area contributed by atoms with E-state index >= 15 is 0 Å². The highest BCUT2D eigenvalue weighted by Gasteiger charge is 2.32. The van der Waals surface area contributed by atoms with Gasteiger partial charge in [0.2, 0.25) is 12.6 Å². The number of rotatable bonds is 44. The van der Waals surface area contributed by atoms with Crippen LogP contribution in [0.3, 0.4) is 0 Å². The lowest BCUT2D eigenvalue weighted by molar-refractivity contribution is -0.242. The van der Waals surface area contributed by atoms with E-state index in [1.807, 2.05) is 0 Å². The van der Waals surface area contributed by atoms with Crippen LogP contribution < -0.4 is 0 Å². The Morgan fingerprint density at radius 3 is 0.891 bits per heavy atom. The van der Waals surface area contributed by atoms with E-state index in [4.69, 9.17) is 33.2 Å². The van der Waals surface area contributed by atoms with Gasteiger partial charge in [-0.15, -0.1) is 0 Å². The number of ether oxygens (including phenoxy) is 7. The number of hydrogen-bond donors (Lipinski definition) is 0. The maximum atomic E-state index is 7.01. The van der Waals surface area contributed by atoms with Gasteiger partial charge >= 0.3 is 0 Å². The molecule has 0 radical (unpaired) electrons. The summed E-state index contributed by atoms with van der Waals surface area (Å²) in [5, 5.41) is 0. The summed E-state index contributed by atoms with van der Waals surface area (Å²) in [4.78, 5) is 0. The topological polar surface area (TPSA) is 64.6 Å². The summed E-state index contributed by atoms with van der Waals surface area (Å²) in [6.45, 7) is 21.1.